The zero-order valence-electron chi connectivity index (χ0n) is 14.6. The number of aromatic carboxylic acids is 1. The van der Waals surface area contributed by atoms with Gasteiger partial charge in [-0.1, -0.05) is 35.9 Å². The number of rotatable bonds is 6. The maximum Gasteiger partial charge on any atom is 0.335 e. The zero-order chi connectivity index (χ0) is 19.4. The Balaban J connectivity index is 1.70. The van der Waals surface area contributed by atoms with Crippen molar-refractivity contribution in [2.45, 2.75) is 19.4 Å². The molecule has 4 nitrogen and oxygen atoms in total. The molecule has 1 aromatic heterocycles. The van der Waals surface area contributed by atoms with Crippen molar-refractivity contribution in [2.24, 2.45) is 0 Å². The summed E-state index contributed by atoms with van der Waals surface area (Å²) in [7, 11) is 0. The third-order valence-corrected chi connectivity index (χ3v) is 5.34. The average molecular weight is 400 g/mol. The highest BCUT2D eigenvalue weighted by Gasteiger charge is 2.16. The van der Waals surface area contributed by atoms with Crippen molar-refractivity contribution in [1.29, 1.82) is 0 Å². The normalized spacial score (nSPS) is 11.8. The van der Waals surface area contributed by atoms with E-state index in [2.05, 4.69) is 5.32 Å². The van der Waals surface area contributed by atoms with Gasteiger partial charge in [0.15, 0.2) is 0 Å². The summed E-state index contributed by atoms with van der Waals surface area (Å²) in [6.45, 7) is 1.87. The van der Waals surface area contributed by atoms with Gasteiger partial charge < -0.3 is 10.4 Å². The largest absolute Gasteiger partial charge is 0.478 e. The highest BCUT2D eigenvalue weighted by Crippen LogP contribution is 2.22. The van der Waals surface area contributed by atoms with Crippen molar-refractivity contribution >= 4 is 34.8 Å². The molecule has 0 aliphatic carbocycles. The zero-order valence-corrected chi connectivity index (χ0v) is 16.2. The van der Waals surface area contributed by atoms with Crippen LogP contribution in [0.3, 0.4) is 0 Å². The Hall–Kier alpha value is -2.63. The molecule has 3 rings (SSSR count). The predicted octanol–water partition coefficient (Wildman–Crippen LogP) is 5.18. The second-order valence-corrected chi connectivity index (χ2v) is 7.42. The van der Waals surface area contributed by atoms with Crippen molar-refractivity contribution in [1.82, 2.24) is 5.32 Å². The molecule has 0 spiro atoms. The molecule has 0 unspecified atom stereocenters. The third-order valence-electron chi connectivity index (χ3n) is 4.30. The number of hydrogen-bond donors (Lipinski definition) is 2. The number of carbonyl (C=O) groups is 2. The van der Waals surface area contributed by atoms with E-state index in [1.54, 1.807) is 12.1 Å². The number of carbonyl (C=O) groups excluding carboxylic acids is 1. The Labute approximate surface area is 166 Å². The standard InChI is InChI=1S/C21H18ClNO3S/c1-13(15-4-6-16(7-5-15)21(25)26)23-20(24)19-12-27-11-17(19)10-14-2-8-18(22)9-3-14/h2-9,11-13H,10H2,1H3,(H,23,24)(H,25,26)/t13-/m0/s1. The van der Waals surface area contributed by atoms with Crippen LogP contribution in [-0.2, 0) is 6.42 Å². The van der Waals surface area contributed by atoms with E-state index in [9.17, 15) is 9.59 Å². The minimum atomic E-state index is -0.969. The highest BCUT2D eigenvalue weighted by atomic mass is 35.5. The number of carboxylic acids is 1. The molecule has 0 radical (unpaired) electrons. The topological polar surface area (TPSA) is 66.4 Å². The molecule has 0 fully saturated rings. The lowest BCUT2D eigenvalue weighted by Crippen LogP contribution is -2.27. The van der Waals surface area contributed by atoms with Gasteiger partial charge in [-0.25, -0.2) is 4.79 Å². The fourth-order valence-electron chi connectivity index (χ4n) is 2.75. The number of amides is 1. The molecule has 0 saturated carbocycles. The third kappa shape index (κ3) is 4.76. The molecule has 0 aliphatic rings. The number of halogens is 1. The highest BCUT2D eigenvalue weighted by molar-refractivity contribution is 7.08. The van der Waals surface area contributed by atoms with Crippen LogP contribution in [0, 0.1) is 0 Å². The molecule has 2 aromatic carbocycles. The Morgan fingerprint density at radius 2 is 1.74 bits per heavy atom. The van der Waals surface area contributed by atoms with E-state index in [0.29, 0.717) is 17.0 Å². The van der Waals surface area contributed by atoms with Crippen molar-refractivity contribution in [3.05, 3.63) is 92.1 Å². The number of benzene rings is 2. The van der Waals surface area contributed by atoms with E-state index < -0.39 is 5.97 Å². The van der Waals surface area contributed by atoms with E-state index in [1.807, 2.05) is 41.9 Å². The number of thiophene rings is 1. The summed E-state index contributed by atoms with van der Waals surface area (Å²) in [5.41, 5.74) is 3.78. The minimum Gasteiger partial charge on any atom is -0.478 e. The van der Waals surface area contributed by atoms with Crippen LogP contribution >= 0.6 is 22.9 Å². The van der Waals surface area contributed by atoms with E-state index in [0.717, 1.165) is 16.7 Å². The smallest absolute Gasteiger partial charge is 0.335 e. The van der Waals surface area contributed by atoms with Crippen molar-refractivity contribution in [3.8, 4) is 0 Å². The van der Waals surface area contributed by atoms with E-state index in [-0.39, 0.29) is 17.5 Å². The molecule has 6 heteroatoms. The first-order valence-electron chi connectivity index (χ1n) is 8.37. The molecule has 138 valence electrons. The Bertz CT molecular complexity index is 948. The van der Waals surface area contributed by atoms with E-state index >= 15 is 0 Å². The molecule has 1 heterocycles. The Kier molecular flexibility index (Phi) is 5.94. The molecule has 1 amide bonds. The number of nitrogens with one attached hydrogen (secondary N) is 1. The molecule has 0 saturated heterocycles. The van der Waals surface area contributed by atoms with Gasteiger partial charge in [-0.3, -0.25) is 4.79 Å². The van der Waals surface area contributed by atoms with Gasteiger partial charge in [-0.2, -0.15) is 11.3 Å². The summed E-state index contributed by atoms with van der Waals surface area (Å²) in [6.07, 6.45) is 0.658. The predicted molar refractivity (Wildman–Crippen MR) is 108 cm³/mol. The van der Waals surface area contributed by atoms with Crippen LogP contribution in [-0.4, -0.2) is 17.0 Å². The summed E-state index contributed by atoms with van der Waals surface area (Å²) in [4.78, 5) is 23.7. The van der Waals surface area contributed by atoms with Gasteiger partial charge in [-0.05, 0) is 59.7 Å². The van der Waals surface area contributed by atoms with Crippen LogP contribution in [0.2, 0.25) is 5.02 Å². The van der Waals surface area contributed by atoms with Crippen LogP contribution in [0.5, 0.6) is 0 Å². The lowest BCUT2D eigenvalue weighted by molar-refractivity contribution is 0.0696. The first kappa shape index (κ1) is 19.1. The lowest BCUT2D eigenvalue weighted by atomic mass is 10.0. The first-order chi connectivity index (χ1) is 12.9. The maximum atomic E-state index is 12.7. The molecule has 0 aliphatic heterocycles. The van der Waals surface area contributed by atoms with Crippen LogP contribution in [0.15, 0.2) is 59.3 Å². The molecule has 0 bridgehead atoms. The second kappa shape index (κ2) is 8.37. The average Bonchev–Trinajstić information content (AvgIpc) is 3.12. The monoisotopic (exact) mass is 399 g/mol. The fraction of sp³-hybridized carbons (Fsp3) is 0.143. The fourth-order valence-corrected chi connectivity index (χ4v) is 3.72. The lowest BCUT2D eigenvalue weighted by Gasteiger charge is -2.15. The molecular weight excluding hydrogens is 382 g/mol. The minimum absolute atomic E-state index is 0.143. The van der Waals surface area contributed by atoms with Crippen LogP contribution < -0.4 is 5.32 Å². The molecule has 3 aromatic rings. The van der Waals surface area contributed by atoms with Crippen molar-refractivity contribution in [2.75, 3.05) is 0 Å². The summed E-state index contributed by atoms with van der Waals surface area (Å²) in [5, 5.41) is 16.5. The van der Waals surface area contributed by atoms with Gasteiger partial charge in [0.2, 0.25) is 0 Å². The van der Waals surface area contributed by atoms with Gasteiger partial charge in [0, 0.05) is 10.4 Å². The summed E-state index contributed by atoms with van der Waals surface area (Å²) >= 11 is 7.42. The van der Waals surface area contributed by atoms with Crippen LogP contribution in [0.1, 0.15) is 50.4 Å². The maximum absolute atomic E-state index is 12.7. The number of hydrogen-bond acceptors (Lipinski definition) is 3. The molecule has 27 heavy (non-hydrogen) atoms. The van der Waals surface area contributed by atoms with Gasteiger partial charge in [0.25, 0.3) is 5.91 Å². The van der Waals surface area contributed by atoms with E-state index in [1.165, 1.54) is 23.5 Å². The number of carboxylic acid groups (broad SMARTS) is 1. The quantitative estimate of drug-likeness (QED) is 0.600. The summed E-state index contributed by atoms with van der Waals surface area (Å²) < 4.78 is 0. The summed E-state index contributed by atoms with van der Waals surface area (Å²) in [6, 6.07) is 13.9. The van der Waals surface area contributed by atoms with Crippen LogP contribution in [0.25, 0.3) is 0 Å². The molecule has 2 N–H and O–H groups in total. The molecule has 1 atom stereocenters. The Morgan fingerprint density at radius 1 is 1.07 bits per heavy atom. The Morgan fingerprint density at radius 3 is 2.37 bits per heavy atom. The SMILES string of the molecule is C[C@H](NC(=O)c1cscc1Cc1ccc(Cl)cc1)c1ccc(C(=O)O)cc1. The van der Waals surface area contributed by atoms with Crippen molar-refractivity contribution in [3.63, 3.8) is 0 Å². The van der Waals surface area contributed by atoms with Gasteiger partial charge in [0.1, 0.15) is 0 Å². The van der Waals surface area contributed by atoms with E-state index in [4.69, 9.17) is 16.7 Å². The second-order valence-electron chi connectivity index (χ2n) is 6.24. The molecular formula is C21H18ClNO3S. The summed E-state index contributed by atoms with van der Waals surface area (Å²) in [5.74, 6) is -1.11. The van der Waals surface area contributed by atoms with Gasteiger partial charge in [-0.15, -0.1) is 0 Å². The first-order valence-corrected chi connectivity index (χ1v) is 9.69. The van der Waals surface area contributed by atoms with Crippen molar-refractivity contribution < 1.29 is 14.7 Å². The van der Waals surface area contributed by atoms with Crippen LogP contribution in [0.4, 0.5) is 0 Å². The van der Waals surface area contributed by atoms with Gasteiger partial charge >= 0.3 is 5.97 Å². The van der Waals surface area contributed by atoms with Gasteiger partial charge in [0.05, 0.1) is 17.2 Å².